The van der Waals surface area contributed by atoms with Gasteiger partial charge in [-0.3, -0.25) is 0 Å². The Morgan fingerprint density at radius 3 is 2.48 bits per heavy atom. The molecule has 0 aliphatic rings. The van der Waals surface area contributed by atoms with Crippen LogP contribution in [-0.4, -0.2) is 6.10 Å². The molecule has 21 heavy (non-hydrogen) atoms. The molecule has 0 radical (unpaired) electrons. The van der Waals surface area contributed by atoms with Crippen LogP contribution in [0.3, 0.4) is 0 Å². The second kappa shape index (κ2) is 7.01. The third-order valence-corrected chi connectivity index (χ3v) is 3.36. The van der Waals surface area contributed by atoms with Gasteiger partial charge < -0.3 is 10.1 Å². The molecule has 0 saturated heterocycles. The fraction of sp³-hybridized carbons (Fsp3) is 0.250. The summed E-state index contributed by atoms with van der Waals surface area (Å²) in [7, 11) is 0. The lowest BCUT2D eigenvalue weighted by atomic mass is 10.2. The topological polar surface area (TPSA) is 21.3 Å². The highest BCUT2D eigenvalue weighted by Gasteiger charge is 2.06. The molecule has 2 nitrogen and oxygen atoms in total. The highest BCUT2D eigenvalue weighted by molar-refractivity contribution is 6.32. The van der Waals surface area contributed by atoms with E-state index in [1.165, 1.54) is 6.07 Å². The number of benzene rings is 2. The Morgan fingerprint density at radius 1 is 1.10 bits per heavy atom. The molecule has 5 heteroatoms. The average molecular weight is 328 g/mol. The number of ether oxygens (including phenoxy) is 1. The third-order valence-electron chi connectivity index (χ3n) is 2.78. The predicted molar refractivity (Wildman–Crippen MR) is 86.0 cm³/mol. The van der Waals surface area contributed by atoms with Crippen molar-refractivity contribution >= 4 is 28.9 Å². The van der Waals surface area contributed by atoms with Crippen molar-refractivity contribution in [2.24, 2.45) is 0 Å². The fourth-order valence-electron chi connectivity index (χ4n) is 1.81. The van der Waals surface area contributed by atoms with Gasteiger partial charge in [0.15, 0.2) is 0 Å². The van der Waals surface area contributed by atoms with Crippen LogP contribution in [-0.2, 0) is 6.54 Å². The molecule has 0 heterocycles. The SMILES string of the molecule is CC(C)Oc1ccc(CNc2ccc(F)c(Cl)c2)cc1Cl. The van der Waals surface area contributed by atoms with E-state index in [2.05, 4.69) is 5.32 Å². The Morgan fingerprint density at radius 2 is 1.86 bits per heavy atom. The Labute approximate surface area is 133 Å². The van der Waals surface area contributed by atoms with E-state index < -0.39 is 5.82 Å². The van der Waals surface area contributed by atoms with Crippen molar-refractivity contribution in [3.05, 3.63) is 57.8 Å². The van der Waals surface area contributed by atoms with Crippen molar-refractivity contribution in [2.45, 2.75) is 26.5 Å². The highest BCUT2D eigenvalue weighted by Crippen LogP contribution is 2.27. The van der Waals surface area contributed by atoms with Gasteiger partial charge in [-0.15, -0.1) is 0 Å². The number of hydrogen-bond acceptors (Lipinski definition) is 2. The highest BCUT2D eigenvalue weighted by atomic mass is 35.5. The Hall–Kier alpha value is -1.45. The minimum Gasteiger partial charge on any atom is -0.489 e. The van der Waals surface area contributed by atoms with Crippen LogP contribution in [0.2, 0.25) is 10.0 Å². The summed E-state index contributed by atoms with van der Waals surface area (Å²) < 4.78 is 18.7. The molecule has 0 atom stereocenters. The van der Waals surface area contributed by atoms with Gasteiger partial charge in [-0.1, -0.05) is 29.3 Å². The maximum absolute atomic E-state index is 13.1. The maximum atomic E-state index is 13.1. The first-order valence-corrected chi connectivity index (χ1v) is 7.35. The quantitative estimate of drug-likeness (QED) is 0.779. The second-order valence-electron chi connectivity index (χ2n) is 4.91. The molecular formula is C16H16Cl2FNO. The lowest BCUT2D eigenvalue weighted by Gasteiger charge is -2.13. The van der Waals surface area contributed by atoms with Crippen LogP contribution in [0.25, 0.3) is 0 Å². The van der Waals surface area contributed by atoms with E-state index in [1.54, 1.807) is 12.1 Å². The molecule has 112 valence electrons. The normalized spacial score (nSPS) is 10.8. The average Bonchev–Trinajstić information content (AvgIpc) is 2.42. The van der Waals surface area contributed by atoms with Gasteiger partial charge in [0.25, 0.3) is 0 Å². The number of rotatable bonds is 5. The molecule has 2 rings (SSSR count). The summed E-state index contributed by atoms with van der Waals surface area (Å²) in [5.74, 6) is 0.237. The monoisotopic (exact) mass is 327 g/mol. The summed E-state index contributed by atoms with van der Waals surface area (Å²) in [4.78, 5) is 0. The van der Waals surface area contributed by atoms with Gasteiger partial charge in [-0.2, -0.15) is 0 Å². The second-order valence-corrected chi connectivity index (χ2v) is 5.73. The van der Waals surface area contributed by atoms with Crippen molar-refractivity contribution in [3.8, 4) is 5.75 Å². The van der Waals surface area contributed by atoms with Crippen LogP contribution in [0.5, 0.6) is 5.75 Å². The minimum atomic E-state index is -0.430. The van der Waals surface area contributed by atoms with Crippen LogP contribution in [0.1, 0.15) is 19.4 Å². The minimum absolute atomic E-state index is 0.0767. The summed E-state index contributed by atoms with van der Waals surface area (Å²) >= 11 is 11.9. The summed E-state index contributed by atoms with van der Waals surface area (Å²) in [5.41, 5.74) is 1.75. The number of hydrogen-bond donors (Lipinski definition) is 1. The first-order valence-electron chi connectivity index (χ1n) is 6.59. The smallest absolute Gasteiger partial charge is 0.141 e. The van der Waals surface area contributed by atoms with Crippen LogP contribution in [0.15, 0.2) is 36.4 Å². The molecule has 0 amide bonds. The molecule has 0 bridgehead atoms. The molecule has 0 spiro atoms. The predicted octanol–water partition coefficient (Wildman–Crippen LogP) is 5.53. The summed E-state index contributed by atoms with van der Waals surface area (Å²) in [6.45, 7) is 4.46. The lowest BCUT2D eigenvalue weighted by molar-refractivity contribution is 0.242. The van der Waals surface area contributed by atoms with Crippen LogP contribution in [0, 0.1) is 5.82 Å². The van der Waals surface area contributed by atoms with Crippen LogP contribution < -0.4 is 10.1 Å². The number of anilines is 1. The molecule has 2 aromatic carbocycles. The van der Waals surface area contributed by atoms with Crippen molar-refractivity contribution in [1.29, 1.82) is 0 Å². The van der Waals surface area contributed by atoms with E-state index in [0.29, 0.717) is 17.3 Å². The Kier molecular flexibility index (Phi) is 5.32. The van der Waals surface area contributed by atoms with E-state index in [0.717, 1.165) is 11.3 Å². The molecule has 0 fully saturated rings. The fourth-order valence-corrected chi connectivity index (χ4v) is 2.24. The summed E-state index contributed by atoms with van der Waals surface area (Å²) in [6.07, 6.45) is 0.0767. The molecule has 0 aliphatic heterocycles. The standard InChI is InChI=1S/C16H16Cl2FNO/c1-10(2)21-16-6-3-11(7-14(16)18)9-20-12-4-5-15(19)13(17)8-12/h3-8,10,20H,9H2,1-2H3. The summed E-state index contributed by atoms with van der Waals surface area (Å²) in [6, 6.07) is 10.1. The van der Waals surface area contributed by atoms with Gasteiger partial charge in [-0.05, 0) is 49.7 Å². The van der Waals surface area contributed by atoms with E-state index in [-0.39, 0.29) is 11.1 Å². The largest absolute Gasteiger partial charge is 0.489 e. The van der Waals surface area contributed by atoms with Crippen LogP contribution >= 0.6 is 23.2 Å². The van der Waals surface area contributed by atoms with Gasteiger partial charge in [0.05, 0.1) is 16.1 Å². The summed E-state index contributed by atoms with van der Waals surface area (Å²) in [5, 5.41) is 3.83. The molecule has 0 saturated carbocycles. The third kappa shape index (κ3) is 4.51. The van der Waals surface area contributed by atoms with Crippen molar-refractivity contribution in [3.63, 3.8) is 0 Å². The van der Waals surface area contributed by atoms with E-state index >= 15 is 0 Å². The van der Waals surface area contributed by atoms with E-state index in [1.807, 2.05) is 32.0 Å². The van der Waals surface area contributed by atoms with Gasteiger partial charge in [0.2, 0.25) is 0 Å². The zero-order chi connectivity index (χ0) is 15.4. The zero-order valence-corrected chi connectivity index (χ0v) is 13.3. The van der Waals surface area contributed by atoms with E-state index in [4.69, 9.17) is 27.9 Å². The van der Waals surface area contributed by atoms with Gasteiger partial charge in [0.1, 0.15) is 11.6 Å². The Bertz CT molecular complexity index is 632. The number of halogens is 3. The molecule has 0 aliphatic carbocycles. The van der Waals surface area contributed by atoms with Crippen molar-refractivity contribution in [1.82, 2.24) is 0 Å². The number of nitrogens with one attached hydrogen (secondary N) is 1. The van der Waals surface area contributed by atoms with Gasteiger partial charge in [0, 0.05) is 12.2 Å². The zero-order valence-electron chi connectivity index (χ0n) is 11.8. The lowest BCUT2D eigenvalue weighted by Crippen LogP contribution is -2.06. The van der Waals surface area contributed by atoms with Crippen molar-refractivity contribution < 1.29 is 9.13 Å². The molecule has 2 aromatic rings. The van der Waals surface area contributed by atoms with Crippen molar-refractivity contribution in [2.75, 3.05) is 5.32 Å². The molecule has 0 aromatic heterocycles. The van der Waals surface area contributed by atoms with Gasteiger partial charge >= 0.3 is 0 Å². The Balaban J connectivity index is 2.03. The molecule has 1 N–H and O–H groups in total. The van der Waals surface area contributed by atoms with E-state index in [9.17, 15) is 4.39 Å². The maximum Gasteiger partial charge on any atom is 0.141 e. The first kappa shape index (κ1) is 15.9. The van der Waals surface area contributed by atoms with Crippen LogP contribution in [0.4, 0.5) is 10.1 Å². The van der Waals surface area contributed by atoms with Gasteiger partial charge in [-0.25, -0.2) is 4.39 Å². The molecule has 0 unspecified atom stereocenters. The molecular weight excluding hydrogens is 312 g/mol. The first-order chi connectivity index (χ1) is 9.95.